The van der Waals surface area contributed by atoms with Gasteiger partial charge in [-0.2, -0.15) is 0 Å². The van der Waals surface area contributed by atoms with E-state index in [2.05, 4.69) is 51.0 Å². The molecule has 0 bridgehead atoms. The Hall–Kier alpha value is -1.86. The molecule has 0 saturated heterocycles. The van der Waals surface area contributed by atoms with E-state index >= 15 is 0 Å². The molecule has 0 radical (unpaired) electrons. The van der Waals surface area contributed by atoms with Crippen molar-refractivity contribution in [2.24, 2.45) is 0 Å². The molecular weight excluding hydrogens is 620 g/mol. The van der Waals surface area contributed by atoms with Crippen LogP contribution >= 0.6 is 31.9 Å². The number of carboxylic acids is 1. The van der Waals surface area contributed by atoms with Crippen molar-refractivity contribution in [3.05, 3.63) is 57.5 Å². The van der Waals surface area contributed by atoms with Gasteiger partial charge in [0.25, 0.3) is 0 Å². The molecule has 2 aromatic rings. The average Bonchev–Trinajstić information content (AvgIpc) is 2.91. The predicted molar refractivity (Wildman–Crippen MR) is 174 cm³/mol. The Balaban J connectivity index is 0.000000614. The maximum absolute atomic E-state index is 11.8. The van der Waals surface area contributed by atoms with Crippen LogP contribution in [0.2, 0.25) is 0 Å². The van der Waals surface area contributed by atoms with Gasteiger partial charge in [-0.3, -0.25) is 9.59 Å². The summed E-state index contributed by atoms with van der Waals surface area (Å²) in [6, 6.07) is 15.3. The van der Waals surface area contributed by atoms with Crippen LogP contribution in [0.1, 0.15) is 117 Å². The summed E-state index contributed by atoms with van der Waals surface area (Å²) in [6.45, 7) is 4.43. The molecule has 0 atom stereocenters. The summed E-state index contributed by atoms with van der Waals surface area (Å²) in [5.41, 5.74) is 7.11. The van der Waals surface area contributed by atoms with Gasteiger partial charge in [-0.25, -0.2) is 0 Å². The maximum atomic E-state index is 11.8. The first-order valence-electron chi connectivity index (χ1n) is 14.6. The number of carbonyl (C=O) groups is 2. The Morgan fingerprint density at radius 1 is 0.667 bits per heavy atom. The summed E-state index contributed by atoms with van der Waals surface area (Å²) in [5.74, 6) is -0.552. The number of anilines is 2. The SMILES string of the molecule is CCCCCCCCCC(=O)Nc1ccccc1Br.CCCCCCCCCC(=O)O.Nc1ccccc1Br. The van der Waals surface area contributed by atoms with Crippen molar-refractivity contribution < 1.29 is 14.7 Å². The first-order valence-corrected chi connectivity index (χ1v) is 16.2. The second-order valence-electron chi connectivity index (χ2n) is 9.69. The number of hydrogen-bond donors (Lipinski definition) is 3. The average molecular weight is 671 g/mol. The van der Waals surface area contributed by atoms with Crippen LogP contribution in [0.4, 0.5) is 11.4 Å². The number of unbranched alkanes of at least 4 members (excludes halogenated alkanes) is 12. The van der Waals surface area contributed by atoms with Gasteiger partial charge in [-0.05, 0) is 69.0 Å². The Morgan fingerprint density at radius 3 is 1.54 bits per heavy atom. The summed E-state index contributed by atoms with van der Waals surface area (Å²) in [4.78, 5) is 21.9. The number of nitrogens with one attached hydrogen (secondary N) is 1. The highest BCUT2D eigenvalue weighted by molar-refractivity contribution is 9.11. The van der Waals surface area contributed by atoms with E-state index in [4.69, 9.17) is 10.8 Å². The fraction of sp³-hybridized carbons (Fsp3) is 0.562. The lowest BCUT2D eigenvalue weighted by Crippen LogP contribution is -2.11. The molecule has 2 rings (SSSR count). The standard InChI is InChI=1S/C16H24BrNO.C10H20O2.C6H6BrN/c1-2-3-4-5-6-7-8-13-16(19)18-15-12-10-9-11-14(15)17;1-2-3-4-5-6-7-8-9-10(11)12;7-5-3-1-2-4-6(5)8/h9-12H,2-8,13H2,1H3,(H,18,19);2-9H2,1H3,(H,11,12);1-4H,8H2. The summed E-state index contributed by atoms with van der Waals surface area (Å²) >= 11 is 6.70. The number of aliphatic carboxylic acids is 1. The summed E-state index contributed by atoms with van der Waals surface area (Å²) in [5, 5.41) is 11.3. The molecule has 0 aliphatic heterocycles. The number of nitrogen functional groups attached to an aromatic ring is 1. The molecule has 0 saturated carbocycles. The van der Waals surface area contributed by atoms with Crippen LogP contribution in [0, 0.1) is 0 Å². The molecule has 0 aliphatic carbocycles. The largest absolute Gasteiger partial charge is 0.481 e. The molecule has 39 heavy (non-hydrogen) atoms. The minimum Gasteiger partial charge on any atom is -0.481 e. The number of benzene rings is 2. The predicted octanol–water partition coefficient (Wildman–Crippen LogP) is 10.8. The molecule has 220 valence electrons. The number of halogens is 2. The monoisotopic (exact) mass is 668 g/mol. The normalized spacial score (nSPS) is 10.1. The molecule has 0 unspecified atom stereocenters. The molecule has 0 aliphatic rings. The lowest BCUT2D eigenvalue weighted by atomic mass is 10.1. The van der Waals surface area contributed by atoms with E-state index in [1.54, 1.807) is 0 Å². The van der Waals surface area contributed by atoms with Crippen LogP contribution < -0.4 is 11.1 Å². The molecule has 7 heteroatoms. The molecule has 5 nitrogen and oxygen atoms in total. The molecular formula is C32H50Br2N2O3. The number of carbonyl (C=O) groups excluding carboxylic acids is 1. The second-order valence-corrected chi connectivity index (χ2v) is 11.4. The summed E-state index contributed by atoms with van der Waals surface area (Å²) in [6.07, 6.45) is 17.9. The first-order chi connectivity index (χ1) is 18.8. The van der Waals surface area contributed by atoms with Crippen molar-refractivity contribution in [1.82, 2.24) is 0 Å². The second kappa shape index (κ2) is 26.4. The highest BCUT2D eigenvalue weighted by atomic mass is 79.9. The van der Waals surface area contributed by atoms with E-state index < -0.39 is 5.97 Å². The van der Waals surface area contributed by atoms with Gasteiger partial charge in [0.1, 0.15) is 0 Å². The zero-order chi connectivity index (χ0) is 29.1. The van der Waals surface area contributed by atoms with Gasteiger partial charge in [-0.1, -0.05) is 115 Å². The minimum absolute atomic E-state index is 0.112. The van der Waals surface area contributed by atoms with Crippen molar-refractivity contribution in [3.8, 4) is 0 Å². The van der Waals surface area contributed by atoms with E-state index in [-0.39, 0.29) is 5.91 Å². The quantitative estimate of drug-likeness (QED) is 0.115. The Morgan fingerprint density at radius 2 is 1.10 bits per heavy atom. The fourth-order valence-corrected chi connectivity index (χ4v) is 4.40. The van der Waals surface area contributed by atoms with E-state index in [1.165, 1.54) is 64.2 Å². The van der Waals surface area contributed by atoms with Gasteiger partial charge in [0.15, 0.2) is 0 Å². The molecule has 0 fully saturated rings. The molecule has 1 amide bonds. The first kappa shape index (κ1) is 37.1. The minimum atomic E-state index is -0.663. The molecule has 2 aromatic carbocycles. The van der Waals surface area contributed by atoms with E-state index in [9.17, 15) is 9.59 Å². The highest BCUT2D eigenvalue weighted by Crippen LogP contribution is 2.21. The number of nitrogens with two attached hydrogens (primary N) is 1. The van der Waals surface area contributed by atoms with Crippen LogP contribution in [-0.2, 0) is 9.59 Å². The van der Waals surface area contributed by atoms with E-state index in [1.807, 2.05) is 48.5 Å². The van der Waals surface area contributed by atoms with Crippen molar-refractivity contribution in [3.63, 3.8) is 0 Å². The van der Waals surface area contributed by atoms with E-state index in [0.717, 1.165) is 46.0 Å². The van der Waals surface area contributed by atoms with Crippen molar-refractivity contribution >= 4 is 55.1 Å². The third-order valence-electron chi connectivity index (χ3n) is 6.05. The van der Waals surface area contributed by atoms with Crippen LogP contribution in [0.15, 0.2) is 57.5 Å². The lowest BCUT2D eigenvalue weighted by Gasteiger charge is -2.07. The van der Waals surface area contributed by atoms with Gasteiger partial charge < -0.3 is 16.2 Å². The number of hydrogen-bond acceptors (Lipinski definition) is 3. The van der Waals surface area contributed by atoms with E-state index in [0.29, 0.717) is 12.8 Å². The van der Waals surface area contributed by atoms with Crippen LogP contribution in [0.25, 0.3) is 0 Å². The van der Waals surface area contributed by atoms with Gasteiger partial charge >= 0.3 is 5.97 Å². The van der Waals surface area contributed by atoms with Gasteiger partial charge in [0.05, 0.1) is 5.69 Å². The third-order valence-corrected chi connectivity index (χ3v) is 7.47. The molecule has 0 heterocycles. The van der Waals surface area contributed by atoms with Crippen LogP contribution in [0.3, 0.4) is 0 Å². The number of para-hydroxylation sites is 2. The summed E-state index contributed by atoms with van der Waals surface area (Å²) in [7, 11) is 0. The van der Waals surface area contributed by atoms with Crippen molar-refractivity contribution in [2.75, 3.05) is 11.1 Å². The molecule has 0 aromatic heterocycles. The Labute approximate surface area is 254 Å². The van der Waals surface area contributed by atoms with Crippen LogP contribution in [0.5, 0.6) is 0 Å². The summed E-state index contributed by atoms with van der Waals surface area (Å²) < 4.78 is 1.89. The van der Waals surface area contributed by atoms with Crippen LogP contribution in [-0.4, -0.2) is 17.0 Å². The molecule has 4 N–H and O–H groups in total. The topological polar surface area (TPSA) is 92.4 Å². The van der Waals surface area contributed by atoms with Crippen molar-refractivity contribution in [2.45, 2.75) is 117 Å². The zero-order valence-corrected chi connectivity index (χ0v) is 27.2. The lowest BCUT2D eigenvalue weighted by molar-refractivity contribution is -0.137. The van der Waals surface area contributed by atoms with Crippen molar-refractivity contribution in [1.29, 1.82) is 0 Å². The fourth-order valence-electron chi connectivity index (χ4n) is 3.73. The molecule has 0 spiro atoms. The smallest absolute Gasteiger partial charge is 0.303 e. The van der Waals surface area contributed by atoms with Gasteiger partial charge in [-0.15, -0.1) is 0 Å². The number of amides is 1. The zero-order valence-electron chi connectivity index (χ0n) is 24.0. The Kier molecular flexibility index (Phi) is 25.1. The maximum Gasteiger partial charge on any atom is 0.303 e. The van der Waals surface area contributed by atoms with Gasteiger partial charge in [0, 0.05) is 27.5 Å². The Bertz CT molecular complexity index is 872. The third kappa shape index (κ3) is 23.7. The number of carboxylic acid groups (broad SMARTS) is 1. The highest BCUT2D eigenvalue weighted by Gasteiger charge is 2.04. The van der Waals surface area contributed by atoms with Gasteiger partial charge in [0.2, 0.25) is 5.91 Å². The number of rotatable bonds is 17.